The number of rotatable bonds is 0. The Labute approximate surface area is 154 Å². The molecule has 0 radical (unpaired) electrons. The summed E-state index contributed by atoms with van der Waals surface area (Å²) >= 11 is 0. The molecule has 0 heterocycles. The van der Waals surface area contributed by atoms with E-state index in [1.54, 1.807) is 12.2 Å². The molecule has 0 saturated heterocycles. The van der Waals surface area contributed by atoms with Crippen LogP contribution in [-0.2, 0) is 9.59 Å². The maximum Gasteiger partial charge on any atom is 0.214 e. The minimum absolute atomic E-state index is 0.00945. The van der Waals surface area contributed by atoms with Gasteiger partial charge in [-0.25, -0.2) is 0 Å². The largest absolute Gasteiger partial charge is 0.289 e. The van der Waals surface area contributed by atoms with Crippen molar-refractivity contribution in [1.29, 1.82) is 10.5 Å². The fourth-order valence-electron chi connectivity index (χ4n) is 2.87. The summed E-state index contributed by atoms with van der Waals surface area (Å²) in [6, 6.07) is 3.71. The molecule has 0 unspecified atom stereocenters. The first-order valence-corrected chi connectivity index (χ1v) is 8.41. The predicted molar refractivity (Wildman–Crippen MR) is 99.5 cm³/mol. The third kappa shape index (κ3) is 3.51. The van der Waals surface area contributed by atoms with Gasteiger partial charge in [-0.2, -0.15) is 10.5 Å². The Morgan fingerprint density at radius 2 is 1.00 bits per heavy atom. The molecule has 0 saturated carbocycles. The zero-order valence-electron chi connectivity index (χ0n) is 16.0. The monoisotopic (exact) mass is 346 g/mol. The summed E-state index contributed by atoms with van der Waals surface area (Å²) in [6.45, 7) is 11.8. The third-order valence-corrected chi connectivity index (χ3v) is 4.37. The van der Waals surface area contributed by atoms with Gasteiger partial charge in [-0.1, -0.05) is 41.5 Å². The van der Waals surface area contributed by atoms with Crippen LogP contribution in [0.2, 0.25) is 0 Å². The molecule has 0 bridgehead atoms. The molecule has 4 heteroatoms. The van der Waals surface area contributed by atoms with E-state index in [1.165, 1.54) is 12.2 Å². The maximum atomic E-state index is 13.0. The van der Waals surface area contributed by atoms with Crippen LogP contribution < -0.4 is 0 Å². The molecule has 2 aliphatic rings. The highest BCUT2D eigenvalue weighted by Gasteiger charge is 2.34. The average Bonchev–Trinajstić information content (AvgIpc) is 2.53. The van der Waals surface area contributed by atoms with Gasteiger partial charge in [-0.3, -0.25) is 9.59 Å². The molecule has 0 aromatic rings. The summed E-state index contributed by atoms with van der Waals surface area (Å²) in [5.74, 6) is -0.554. The molecule has 0 fully saturated rings. The first-order chi connectivity index (χ1) is 11.9. The zero-order chi connectivity index (χ0) is 19.9. The van der Waals surface area contributed by atoms with Crippen LogP contribution in [0.4, 0.5) is 0 Å². The van der Waals surface area contributed by atoms with Gasteiger partial charge in [0.2, 0.25) is 5.78 Å². The minimum Gasteiger partial charge on any atom is -0.289 e. The van der Waals surface area contributed by atoms with Crippen molar-refractivity contribution >= 4 is 11.6 Å². The number of Topliss-reactive ketones (excluding diaryl/α,β-unsaturated/α-hetero) is 2. The predicted octanol–water partition coefficient (Wildman–Crippen LogP) is 4.29. The number of carbonyl (C=O) groups excluding carboxylic acids is 2. The van der Waals surface area contributed by atoms with Crippen LogP contribution >= 0.6 is 0 Å². The third-order valence-electron chi connectivity index (χ3n) is 4.37. The van der Waals surface area contributed by atoms with Gasteiger partial charge in [-0.05, 0) is 46.3 Å². The second kappa shape index (κ2) is 6.39. The van der Waals surface area contributed by atoms with Gasteiger partial charge in [0.15, 0.2) is 5.78 Å². The number of nitriles is 2. The molecule has 4 nitrogen and oxygen atoms in total. The highest BCUT2D eigenvalue weighted by Crippen LogP contribution is 2.40. The highest BCUT2D eigenvalue weighted by molar-refractivity contribution is 6.16. The first-order valence-electron chi connectivity index (χ1n) is 8.41. The summed E-state index contributed by atoms with van der Waals surface area (Å²) < 4.78 is 0. The van der Waals surface area contributed by atoms with Crippen LogP contribution in [0.5, 0.6) is 0 Å². The Hall–Kier alpha value is -2.98. The van der Waals surface area contributed by atoms with Crippen molar-refractivity contribution in [2.24, 2.45) is 10.8 Å². The van der Waals surface area contributed by atoms with Gasteiger partial charge >= 0.3 is 0 Å². The number of hydrogen-bond acceptors (Lipinski definition) is 4. The van der Waals surface area contributed by atoms with Crippen molar-refractivity contribution in [3.8, 4) is 12.1 Å². The molecule has 2 rings (SSSR count). The van der Waals surface area contributed by atoms with Crippen LogP contribution in [0.3, 0.4) is 0 Å². The molecule has 0 aromatic carbocycles. The summed E-state index contributed by atoms with van der Waals surface area (Å²) in [6.07, 6.45) is 6.59. The zero-order valence-corrected chi connectivity index (χ0v) is 16.0. The van der Waals surface area contributed by atoms with Crippen molar-refractivity contribution in [3.05, 3.63) is 57.7 Å². The molecule has 0 amide bonds. The minimum atomic E-state index is -0.564. The van der Waals surface area contributed by atoms with Crippen molar-refractivity contribution < 1.29 is 9.59 Å². The fourth-order valence-corrected chi connectivity index (χ4v) is 2.87. The molecular formula is C22H22N2O2. The topological polar surface area (TPSA) is 81.7 Å². The van der Waals surface area contributed by atoms with E-state index in [0.29, 0.717) is 16.7 Å². The van der Waals surface area contributed by atoms with Gasteiger partial charge in [0.25, 0.3) is 0 Å². The summed E-state index contributed by atoms with van der Waals surface area (Å²) in [7, 11) is 0. The number of nitrogens with zero attached hydrogens (tertiary/aromatic N) is 2. The Morgan fingerprint density at radius 3 is 1.31 bits per heavy atom. The molecule has 0 spiro atoms. The van der Waals surface area contributed by atoms with E-state index >= 15 is 0 Å². The lowest BCUT2D eigenvalue weighted by molar-refractivity contribution is -0.114. The standard InChI is InChI=1S/C22H22N2O2/c1-21(2,3)17-9-14(10-18(20(17)26)22(4,5)6)13-7-15(11-23)19(25)16(8-13)12-24/h7-10H,1-6H3. The van der Waals surface area contributed by atoms with Crippen molar-refractivity contribution in [1.82, 2.24) is 0 Å². The van der Waals surface area contributed by atoms with E-state index in [2.05, 4.69) is 0 Å². The van der Waals surface area contributed by atoms with Crippen molar-refractivity contribution in [3.63, 3.8) is 0 Å². The normalized spacial score (nSPS) is 18.5. The molecule has 26 heavy (non-hydrogen) atoms. The fraction of sp³-hybridized carbons (Fsp3) is 0.364. The number of allylic oxidation sites excluding steroid dienone is 10. The van der Waals surface area contributed by atoms with E-state index in [9.17, 15) is 20.1 Å². The highest BCUT2D eigenvalue weighted by atomic mass is 16.1. The van der Waals surface area contributed by atoms with Crippen LogP contribution in [0, 0.1) is 33.5 Å². The van der Waals surface area contributed by atoms with Gasteiger partial charge < -0.3 is 0 Å². The van der Waals surface area contributed by atoms with Gasteiger partial charge in [0.05, 0.1) is 0 Å². The molecular weight excluding hydrogens is 324 g/mol. The smallest absolute Gasteiger partial charge is 0.214 e. The van der Waals surface area contributed by atoms with Crippen LogP contribution in [0.15, 0.2) is 57.7 Å². The van der Waals surface area contributed by atoms with E-state index < -0.39 is 5.78 Å². The Balaban J connectivity index is 2.83. The van der Waals surface area contributed by atoms with E-state index in [-0.39, 0.29) is 27.8 Å². The van der Waals surface area contributed by atoms with Gasteiger partial charge in [0.1, 0.15) is 23.3 Å². The van der Waals surface area contributed by atoms with E-state index in [1.807, 2.05) is 53.7 Å². The SMILES string of the molecule is CC(C)(C)C1=CC(=C2C=C(C#N)C(=O)C(C#N)=C2)C=C(C(C)(C)C)C1=O. The second-order valence-electron chi connectivity index (χ2n) is 8.52. The molecule has 132 valence electrons. The average molecular weight is 346 g/mol. The second-order valence-corrected chi connectivity index (χ2v) is 8.52. The van der Waals surface area contributed by atoms with E-state index in [0.717, 1.165) is 5.57 Å². The van der Waals surface area contributed by atoms with Crippen LogP contribution in [-0.4, -0.2) is 11.6 Å². The van der Waals surface area contributed by atoms with E-state index in [4.69, 9.17) is 0 Å². The molecule has 0 aliphatic heterocycles. The first kappa shape index (κ1) is 19.3. The Morgan fingerprint density at radius 1 is 0.654 bits per heavy atom. The number of hydrogen-bond donors (Lipinski definition) is 0. The lowest BCUT2D eigenvalue weighted by Gasteiger charge is -2.31. The van der Waals surface area contributed by atoms with Gasteiger partial charge in [-0.15, -0.1) is 0 Å². The summed E-state index contributed by atoms with van der Waals surface area (Å²) in [4.78, 5) is 25.0. The van der Waals surface area contributed by atoms with Crippen LogP contribution in [0.1, 0.15) is 41.5 Å². The lowest BCUT2D eigenvalue weighted by atomic mass is 9.71. The summed E-state index contributed by atoms with van der Waals surface area (Å²) in [5.41, 5.74) is 1.80. The van der Waals surface area contributed by atoms with Crippen molar-refractivity contribution in [2.45, 2.75) is 41.5 Å². The number of carbonyl (C=O) groups is 2. The lowest BCUT2D eigenvalue weighted by Crippen LogP contribution is -2.28. The molecule has 2 aliphatic carbocycles. The number of ketones is 2. The van der Waals surface area contributed by atoms with Crippen LogP contribution in [0.25, 0.3) is 0 Å². The molecule has 0 N–H and O–H groups in total. The Kier molecular flexibility index (Phi) is 4.75. The maximum absolute atomic E-state index is 13.0. The van der Waals surface area contributed by atoms with Crippen molar-refractivity contribution in [2.75, 3.05) is 0 Å². The summed E-state index contributed by atoms with van der Waals surface area (Å²) in [5, 5.41) is 18.4. The molecule has 0 atom stereocenters. The molecule has 0 aromatic heterocycles. The van der Waals surface area contributed by atoms with Gasteiger partial charge in [0, 0.05) is 11.1 Å². The quantitative estimate of drug-likeness (QED) is 0.655. The Bertz CT molecular complexity index is 866.